The van der Waals surface area contributed by atoms with E-state index in [2.05, 4.69) is 27.3 Å². The van der Waals surface area contributed by atoms with Crippen molar-refractivity contribution in [2.24, 2.45) is 0 Å². The molecule has 3 nitrogen and oxygen atoms in total. The fourth-order valence-corrected chi connectivity index (χ4v) is 3.98. The topological polar surface area (TPSA) is 42.0 Å². The predicted octanol–water partition coefficient (Wildman–Crippen LogP) is 7.15. The quantitative estimate of drug-likeness (QED) is 0.354. The van der Waals surface area contributed by atoms with Crippen molar-refractivity contribution < 1.29 is 4.79 Å². The molecule has 3 aromatic carbocycles. The molecule has 0 aliphatic carbocycles. The fourth-order valence-electron chi connectivity index (χ4n) is 3.71. The van der Waals surface area contributed by atoms with E-state index in [1.807, 2.05) is 82.3 Å². The summed E-state index contributed by atoms with van der Waals surface area (Å²) in [6.45, 7) is 8.16. The first kappa shape index (κ1) is 20.3. The first-order valence-corrected chi connectivity index (χ1v) is 10.7. The second-order valence-electron chi connectivity index (χ2n) is 7.74. The zero-order valence-corrected chi connectivity index (χ0v) is 19.1. The number of benzene rings is 3. The number of carbonyl (C=O) groups excluding carboxylic acids is 1. The molecule has 1 heterocycles. The van der Waals surface area contributed by atoms with Crippen LogP contribution in [-0.4, -0.2) is 10.9 Å². The minimum Gasteiger partial charge on any atom is -0.322 e. The highest BCUT2D eigenvalue weighted by Gasteiger charge is 2.17. The molecule has 1 aromatic heterocycles. The Morgan fingerprint density at radius 3 is 2.37 bits per heavy atom. The standard InChI is InChI=1S/C26H23BrN2O/c1-15-12-17(3)25-21(13-15)22(14-24(28-25)19-8-10-20(27)11-9-19)26(30)29-23-7-5-6-16(2)18(23)4/h5-14H,1-4H3,(H,29,30). The molecule has 0 saturated heterocycles. The third kappa shape index (κ3) is 3.88. The maximum atomic E-state index is 13.4. The highest BCUT2D eigenvalue weighted by Crippen LogP contribution is 2.29. The first-order valence-electron chi connectivity index (χ1n) is 9.89. The molecule has 150 valence electrons. The van der Waals surface area contributed by atoms with Crippen molar-refractivity contribution in [2.75, 3.05) is 5.32 Å². The lowest BCUT2D eigenvalue weighted by Crippen LogP contribution is -2.14. The number of nitrogens with zero attached hydrogens (tertiary/aromatic N) is 1. The van der Waals surface area contributed by atoms with Crippen LogP contribution in [0.5, 0.6) is 0 Å². The Kier molecular flexibility index (Phi) is 5.44. The number of hydrogen-bond donors (Lipinski definition) is 1. The average Bonchev–Trinajstić information content (AvgIpc) is 2.71. The van der Waals surface area contributed by atoms with Gasteiger partial charge >= 0.3 is 0 Å². The molecular formula is C26H23BrN2O. The number of rotatable bonds is 3. The van der Waals surface area contributed by atoms with Gasteiger partial charge in [-0.05, 0) is 74.7 Å². The van der Waals surface area contributed by atoms with Gasteiger partial charge in [0.15, 0.2) is 0 Å². The van der Waals surface area contributed by atoms with Gasteiger partial charge in [-0.25, -0.2) is 4.98 Å². The van der Waals surface area contributed by atoms with E-state index in [9.17, 15) is 4.79 Å². The van der Waals surface area contributed by atoms with Gasteiger partial charge in [-0.3, -0.25) is 4.79 Å². The van der Waals surface area contributed by atoms with E-state index >= 15 is 0 Å². The molecule has 0 aliphatic heterocycles. The molecular weight excluding hydrogens is 436 g/mol. The summed E-state index contributed by atoms with van der Waals surface area (Å²) >= 11 is 3.48. The van der Waals surface area contributed by atoms with Crippen LogP contribution in [0.4, 0.5) is 5.69 Å². The molecule has 0 bridgehead atoms. The smallest absolute Gasteiger partial charge is 0.256 e. The van der Waals surface area contributed by atoms with Gasteiger partial charge in [-0.2, -0.15) is 0 Å². The van der Waals surface area contributed by atoms with Crippen LogP contribution >= 0.6 is 15.9 Å². The number of halogens is 1. The van der Waals surface area contributed by atoms with Gasteiger partial charge in [-0.1, -0.05) is 51.8 Å². The van der Waals surface area contributed by atoms with Crippen LogP contribution < -0.4 is 5.32 Å². The Labute approximate surface area is 185 Å². The Morgan fingerprint density at radius 2 is 1.63 bits per heavy atom. The first-order chi connectivity index (χ1) is 14.3. The molecule has 30 heavy (non-hydrogen) atoms. The van der Waals surface area contributed by atoms with E-state index in [0.717, 1.165) is 54.6 Å². The number of anilines is 1. The van der Waals surface area contributed by atoms with Crippen LogP contribution in [0, 0.1) is 27.7 Å². The summed E-state index contributed by atoms with van der Waals surface area (Å²) in [4.78, 5) is 18.3. The van der Waals surface area contributed by atoms with E-state index in [4.69, 9.17) is 4.98 Å². The van der Waals surface area contributed by atoms with E-state index in [0.29, 0.717) is 5.56 Å². The minimum absolute atomic E-state index is 0.125. The summed E-state index contributed by atoms with van der Waals surface area (Å²) in [5.41, 5.74) is 8.47. The molecule has 1 amide bonds. The molecule has 0 radical (unpaired) electrons. The number of fused-ring (bicyclic) bond motifs is 1. The number of amides is 1. The summed E-state index contributed by atoms with van der Waals surface area (Å²) in [6.07, 6.45) is 0. The van der Waals surface area contributed by atoms with E-state index < -0.39 is 0 Å². The molecule has 0 unspecified atom stereocenters. The maximum absolute atomic E-state index is 13.4. The van der Waals surface area contributed by atoms with Gasteiger partial charge in [0.25, 0.3) is 5.91 Å². The second kappa shape index (κ2) is 8.04. The number of carbonyl (C=O) groups is 1. The highest BCUT2D eigenvalue weighted by molar-refractivity contribution is 9.10. The lowest BCUT2D eigenvalue weighted by atomic mass is 9.99. The van der Waals surface area contributed by atoms with Gasteiger partial charge < -0.3 is 5.32 Å². The van der Waals surface area contributed by atoms with Crippen molar-refractivity contribution in [3.8, 4) is 11.3 Å². The Balaban J connectivity index is 1.89. The molecule has 0 fully saturated rings. The van der Waals surface area contributed by atoms with Crippen molar-refractivity contribution in [1.82, 2.24) is 4.98 Å². The Morgan fingerprint density at radius 1 is 0.900 bits per heavy atom. The SMILES string of the molecule is Cc1cc(C)c2nc(-c3ccc(Br)cc3)cc(C(=O)Nc3cccc(C)c3C)c2c1. The minimum atomic E-state index is -0.125. The van der Waals surface area contributed by atoms with Crippen molar-refractivity contribution in [3.05, 3.63) is 93.0 Å². The van der Waals surface area contributed by atoms with Gasteiger partial charge in [-0.15, -0.1) is 0 Å². The molecule has 1 N–H and O–H groups in total. The average molecular weight is 459 g/mol. The summed E-state index contributed by atoms with van der Waals surface area (Å²) in [5.74, 6) is -0.125. The number of pyridine rings is 1. The zero-order valence-electron chi connectivity index (χ0n) is 17.5. The van der Waals surface area contributed by atoms with Crippen molar-refractivity contribution in [3.63, 3.8) is 0 Å². The monoisotopic (exact) mass is 458 g/mol. The molecule has 4 heteroatoms. The summed E-state index contributed by atoms with van der Waals surface area (Å²) < 4.78 is 1.01. The van der Waals surface area contributed by atoms with Crippen molar-refractivity contribution in [2.45, 2.75) is 27.7 Å². The van der Waals surface area contributed by atoms with E-state index in [1.54, 1.807) is 0 Å². The number of aromatic nitrogens is 1. The van der Waals surface area contributed by atoms with Crippen molar-refractivity contribution in [1.29, 1.82) is 0 Å². The summed E-state index contributed by atoms with van der Waals surface area (Å²) in [6, 6.07) is 20.0. The van der Waals surface area contributed by atoms with Crippen LogP contribution in [0.1, 0.15) is 32.6 Å². The third-order valence-electron chi connectivity index (χ3n) is 5.49. The molecule has 4 rings (SSSR count). The number of hydrogen-bond acceptors (Lipinski definition) is 2. The van der Waals surface area contributed by atoms with Crippen LogP contribution in [-0.2, 0) is 0 Å². The van der Waals surface area contributed by atoms with Crippen LogP contribution in [0.2, 0.25) is 0 Å². The lowest BCUT2D eigenvalue weighted by Gasteiger charge is -2.14. The number of nitrogens with one attached hydrogen (secondary N) is 1. The predicted molar refractivity (Wildman–Crippen MR) is 128 cm³/mol. The molecule has 0 saturated carbocycles. The number of aryl methyl sites for hydroxylation is 3. The summed E-state index contributed by atoms with van der Waals surface area (Å²) in [5, 5.41) is 3.98. The van der Waals surface area contributed by atoms with Crippen LogP contribution in [0.15, 0.2) is 65.1 Å². The maximum Gasteiger partial charge on any atom is 0.256 e. The van der Waals surface area contributed by atoms with E-state index in [-0.39, 0.29) is 5.91 Å². The Bertz CT molecular complexity index is 1280. The third-order valence-corrected chi connectivity index (χ3v) is 6.01. The normalized spacial score (nSPS) is 11.0. The molecule has 0 spiro atoms. The zero-order chi connectivity index (χ0) is 21.4. The van der Waals surface area contributed by atoms with Crippen LogP contribution in [0.25, 0.3) is 22.2 Å². The van der Waals surface area contributed by atoms with Gasteiger partial charge in [0.05, 0.1) is 16.8 Å². The van der Waals surface area contributed by atoms with Crippen molar-refractivity contribution >= 4 is 38.4 Å². The largest absolute Gasteiger partial charge is 0.322 e. The van der Waals surface area contributed by atoms with E-state index in [1.165, 1.54) is 0 Å². The van der Waals surface area contributed by atoms with Gasteiger partial charge in [0.2, 0.25) is 0 Å². The fraction of sp³-hybridized carbons (Fsp3) is 0.154. The highest BCUT2D eigenvalue weighted by atomic mass is 79.9. The van der Waals surface area contributed by atoms with Gasteiger partial charge in [0, 0.05) is 21.1 Å². The van der Waals surface area contributed by atoms with Crippen LogP contribution in [0.3, 0.4) is 0 Å². The van der Waals surface area contributed by atoms with Gasteiger partial charge in [0.1, 0.15) is 0 Å². The lowest BCUT2D eigenvalue weighted by molar-refractivity contribution is 0.102. The molecule has 4 aromatic rings. The summed E-state index contributed by atoms with van der Waals surface area (Å²) in [7, 11) is 0. The molecule has 0 aliphatic rings. The second-order valence-corrected chi connectivity index (χ2v) is 8.66. The Hall–Kier alpha value is -2.98. The molecule has 0 atom stereocenters.